The first kappa shape index (κ1) is 15.9. The van der Waals surface area contributed by atoms with Crippen molar-refractivity contribution in [3.8, 4) is 0 Å². The Kier molecular flexibility index (Phi) is 6.24. The van der Waals surface area contributed by atoms with Gasteiger partial charge < -0.3 is 20.3 Å². The molecule has 6 nitrogen and oxygen atoms in total. The van der Waals surface area contributed by atoms with E-state index in [9.17, 15) is 9.59 Å². The topological polar surface area (TPSA) is 75.9 Å². The number of methoxy groups -OCH3 is 1. The van der Waals surface area contributed by atoms with Crippen molar-refractivity contribution in [1.29, 1.82) is 0 Å². The van der Waals surface area contributed by atoms with E-state index < -0.39 is 6.04 Å². The Balaban J connectivity index is 2.40. The summed E-state index contributed by atoms with van der Waals surface area (Å²) in [6.07, 6.45) is 0.567. The quantitative estimate of drug-likeness (QED) is 0.743. The normalized spacial score (nSPS) is 17.7. The number of amides is 2. The molecule has 0 saturated carbocycles. The van der Waals surface area contributed by atoms with Gasteiger partial charge in [0.1, 0.15) is 6.04 Å². The lowest BCUT2D eigenvalue weighted by molar-refractivity contribution is -0.141. The van der Waals surface area contributed by atoms with E-state index >= 15 is 0 Å². The van der Waals surface area contributed by atoms with Crippen molar-refractivity contribution in [3.63, 3.8) is 0 Å². The Hall–Kier alpha value is -1.14. The van der Waals surface area contributed by atoms with Crippen LogP contribution in [0.15, 0.2) is 0 Å². The largest absolute Gasteiger partial charge is 0.383 e. The van der Waals surface area contributed by atoms with Crippen LogP contribution < -0.4 is 5.73 Å². The summed E-state index contributed by atoms with van der Waals surface area (Å²) in [6.45, 7) is 6.59. The standard InChI is InChI=1S/C13H25N3O3/c1-10(2)8-12(17)15-4-6-16(7-5-15)13(18)11(14)9-19-3/h10-11H,4-9,14H2,1-3H3. The SMILES string of the molecule is COCC(N)C(=O)N1CCN(C(=O)CC(C)C)CC1. The highest BCUT2D eigenvalue weighted by atomic mass is 16.5. The molecule has 1 fully saturated rings. The number of piperazine rings is 1. The third-order valence-corrected chi connectivity index (χ3v) is 3.19. The summed E-state index contributed by atoms with van der Waals surface area (Å²) >= 11 is 0. The van der Waals surface area contributed by atoms with Crippen molar-refractivity contribution >= 4 is 11.8 Å². The minimum atomic E-state index is -0.608. The lowest BCUT2D eigenvalue weighted by atomic mass is 10.1. The maximum atomic E-state index is 12.0. The summed E-state index contributed by atoms with van der Waals surface area (Å²) < 4.78 is 4.88. The third kappa shape index (κ3) is 4.80. The van der Waals surface area contributed by atoms with Gasteiger partial charge in [-0.2, -0.15) is 0 Å². The number of hydrogen-bond acceptors (Lipinski definition) is 4. The van der Waals surface area contributed by atoms with Crippen LogP contribution in [0, 0.1) is 5.92 Å². The summed E-state index contributed by atoms with van der Waals surface area (Å²) in [6, 6.07) is -0.608. The third-order valence-electron chi connectivity index (χ3n) is 3.19. The Morgan fingerprint density at radius 3 is 2.16 bits per heavy atom. The number of ether oxygens (including phenoxy) is 1. The summed E-state index contributed by atoms with van der Waals surface area (Å²) in [5.74, 6) is 0.434. The molecule has 1 heterocycles. The highest BCUT2D eigenvalue weighted by Gasteiger charge is 2.27. The first-order valence-electron chi connectivity index (χ1n) is 6.76. The molecule has 1 unspecified atom stereocenters. The van der Waals surface area contributed by atoms with Crippen molar-refractivity contribution in [3.05, 3.63) is 0 Å². The fourth-order valence-corrected chi connectivity index (χ4v) is 2.14. The van der Waals surface area contributed by atoms with Gasteiger partial charge in [0.15, 0.2) is 0 Å². The van der Waals surface area contributed by atoms with Gasteiger partial charge in [0.25, 0.3) is 0 Å². The van der Waals surface area contributed by atoms with Gasteiger partial charge in [0.2, 0.25) is 11.8 Å². The molecule has 1 rings (SSSR count). The van der Waals surface area contributed by atoms with Crippen LogP contribution in [0.2, 0.25) is 0 Å². The molecule has 0 aliphatic carbocycles. The van der Waals surface area contributed by atoms with Crippen LogP contribution in [-0.4, -0.2) is 67.6 Å². The number of nitrogens with two attached hydrogens (primary N) is 1. The zero-order valence-corrected chi connectivity index (χ0v) is 12.1. The van der Waals surface area contributed by atoms with Crippen molar-refractivity contribution in [1.82, 2.24) is 9.80 Å². The van der Waals surface area contributed by atoms with E-state index in [2.05, 4.69) is 0 Å². The predicted octanol–water partition coefficient (Wildman–Crippen LogP) is -0.323. The van der Waals surface area contributed by atoms with Gasteiger partial charge >= 0.3 is 0 Å². The Morgan fingerprint density at radius 2 is 1.68 bits per heavy atom. The monoisotopic (exact) mass is 271 g/mol. The van der Waals surface area contributed by atoms with Gasteiger partial charge in [-0.1, -0.05) is 13.8 Å². The number of rotatable bonds is 5. The van der Waals surface area contributed by atoms with Crippen LogP contribution in [0.5, 0.6) is 0 Å². The molecule has 2 N–H and O–H groups in total. The molecule has 0 aromatic rings. The van der Waals surface area contributed by atoms with Crippen LogP contribution in [0.4, 0.5) is 0 Å². The summed E-state index contributed by atoms with van der Waals surface area (Å²) in [7, 11) is 1.52. The van der Waals surface area contributed by atoms with Gasteiger partial charge in [-0.15, -0.1) is 0 Å². The predicted molar refractivity (Wildman–Crippen MR) is 72.5 cm³/mol. The first-order chi connectivity index (χ1) is 8.95. The summed E-state index contributed by atoms with van der Waals surface area (Å²) in [5, 5.41) is 0. The van der Waals surface area contributed by atoms with Crippen LogP contribution in [0.1, 0.15) is 20.3 Å². The minimum Gasteiger partial charge on any atom is -0.383 e. The smallest absolute Gasteiger partial charge is 0.241 e. The molecule has 0 aromatic heterocycles. The molecule has 0 spiro atoms. The summed E-state index contributed by atoms with van der Waals surface area (Å²) in [5.41, 5.74) is 5.72. The fourth-order valence-electron chi connectivity index (χ4n) is 2.14. The minimum absolute atomic E-state index is 0.0993. The Labute approximate surface area is 114 Å². The van der Waals surface area contributed by atoms with E-state index in [1.54, 1.807) is 4.90 Å². The molecule has 1 aliphatic rings. The number of carbonyl (C=O) groups is 2. The van der Waals surface area contributed by atoms with Crippen LogP contribution in [-0.2, 0) is 14.3 Å². The second-order valence-electron chi connectivity index (χ2n) is 5.37. The maximum absolute atomic E-state index is 12.0. The van der Waals surface area contributed by atoms with Crippen molar-refractivity contribution < 1.29 is 14.3 Å². The average molecular weight is 271 g/mol. The number of carbonyl (C=O) groups excluding carboxylic acids is 2. The lowest BCUT2D eigenvalue weighted by Crippen LogP contribution is -2.55. The van der Waals surface area contributed by atoms with Crippen LogP contribution in [0.25, 0.3) is 0 Å². The second-order valence-corrected chi connectivity index (χ2v) is 5.37. The first-order valence-corrected chi connectivity index (χ1v) is 6.76. The van der Waals surface area contributed by atoms with E-state index in [-0.39, 0.29) is 18.4 Å². The van der Waals surface area contributed by atoms with E-state index in [0.717, 1.165) is 0 Å². The highest BCUT2D eigenvalue weighted by molar-refractivity contribution is 5.82. The molecule has 110 valence electrons. The molecule has 6 heteroatoms. The molecule has 2 amide bonds. The molecule has 1 aliphatic heterocycles. The van der Waals surface area contributed by atoms with Gasteiger partial charge in [-0.05, 0) is 5.92 Å². The van der Waals surface area contributed by atoms with Crippen molar-refractivity contribution in [2.24, 2.45) is 11.7 Å². The van der Waals surface area contributed by atoms with E-state index in [4.69, 9.17) is 10.5 Å². The van der Waals surface area contributed by atoms with Gasteiger partial charge in [-0.3, -0.25) is 9.59 Å². The molecule has 1 atom stereocenters. The number of hydrogen-bond donors (Lipinski definition) is 1. The zero-order chi connectivity index (χ0) is 14.4. The molecule has 0 radical (unpaired) electrons. The summed E-state index contributed by atoms with van der Waals surface area (Å²) in [4.78, 5) is 27.4. The Morgan fingerprint density at radius 1 is 1.16 bits per heavy atom. The van der Waals surface area contributed by atoms with E-state index in [1.165, 1.54) is 7.11 Å². The molecule has 0 bridgehead atoms. The average Bonchev–Trinajstić information content (AvgIpc) is 2.37. The van der Waals surface area contributed by atoms with E-state index in [1.807, 2.05) is 18.7 Å². The van der Waals surface area contributed by atoms with Crippen molar-refractivity contribution in [2.45, 2.75) is 26.3 Å². The maximum Gasteiger partial charge on any atom is 0.241 e. The van der Waals surface area contributed by atoms with E-state index in [0.29, 0.717) is 38.5 Å². The second kappa shape index (κ2) is 7.45. The number of nitrogens with zero attached hydrogens (tertiary/aromatic N) is 2. The molecular weight excluding hydrogens is 246 g/mol. The van der Waals surface area contributed by atoms with Crippen molar-refractivity contribution in [2.75, 3.05) is 39.9 Å². The molecular formula is C13H25N3O3. The van der Waals surface area contributed by atoms with Gasteiger partial charge in [0.05, 0.1) is 6.61 Å². The Bertz CT molecular complexity index is 312. The molecule has 1 saturated heterocycles. The lowest BCUT2D eigenvalue weighted by Gasteiger charge is -2.36. The van der Waals surface area contributed by atoms with Crippen LogP contribution in [0.3, 0.4) is 0 Å². The van der Waals surface area contributed by atoms with Gasteiger partial charge in [-0.25, -0.2) is 0 Å². The molecule has 0 aromatic carbocycles. The van der Waals surface area contributed by atoms with Gasteiger partial charge in [0, 0.05) is 39.7 Å². The zero-order valence-electron chi connectivity index (χ0n) is 12.1. The van der Waals surface area contributed by atoms with Crippen LogP contribution >= 0.6 is 0 Å². The fraction of sp³-hybridized carbons (Fsp3) is 0.846. The molecule has 19 heavy (non-hydrogen) atoms. The highest BCUT2D eigenvalue weighted by Crippen LogP contribution is 2.09.